The Hall–Kier alpha value is -2.38. The summed E-state index contributed by atoms with van der Waals surface area (Å²) >= 11 is 0. The number of halogens is 1. The van der Waals surface area contributed by atoms with Gasteiger partial charge in [-0.3, -0.25) is 0 Å². The van der Waals surface area contributed by atoms with Gasteiger partial charge in [0.1, 0.15) is 24.2 Å². The minimum atomic E-state index is -0.512. The standard InChI is InChI=1S/C16H15FN2O/c1-19-10-12-5-7-15(8-6-12)20-11-14-4-2-3-13(9-18)16(14)17/h2-8,19H,10-11H2,1H3. The molecular weight excluding hydrogens is 255 g/mol. The van der Waals surface area contributed by atoms with Crippen LogP contribution in [0, 0.1) is 17.1 Å². The zero-order valence-electron chi connectivity index (χ0n) is 11.2. The van der Waals surface area contributed by atoms with Gasteiger partial charge in [0.15, 0.2) is 0 Å². The van der Waals surface area contributed by atoms with Crippen LogP contribution in [0.25, 0.3) is 0 Å². The average molecular weight is 270 g/mol. The van der Waals surface area contributed by atoms with Gasteiger partial charge in [0.25, 0.3) is 0 Å². The first kappa shape index (κ1) is 14.0. The number of hydrogen-bond donors (Lipinski definition) is 1. The normalized spacial score (nSPS) is 10.1. The van der Waals surface area contributed by atoms with Gasteiger partial charge in [-0.1, -0.05) is 24.3 Å². The van der Waals surface area contributed by atoms with Gasteiger partial charge in [0.2, 0.25) is 0 Å². The molecule has 0 aliphatic rings. The van der Waals surface area contributed by atoms with Crippen molar-refractivity contribution in [2.45, 2.75) is 13.2 Å². The summed E-state index contributed by atoms with van der Waals surface area (Å²) in [5.74, 6) is 0.161. The van der Waals surface area contributed by atoms with E-state index < -0.39 is 5.82 Å². The number of hydrogen-bond acceptors (Lipinski definition) is 3. The first-order valence-corrected chi connectivity index (χ1v) is 6.28. The fourth-order valence-corrected chi connectivity index (χ4v) is 1.85. The van der Waals surface area contributed by atoms with Crippen LogP contribution in [-0.4, -0.2) is 7.05 Å². The van der Waals surface area contributed by atoms with Gasteiger partial charge < -0.3 is 10.1 Å². The highest BCUT2D eigenvalue weighted by Gasteiger charge is 2.07. The molecule has 20 heavy (non-hydrogen) atoms. The molecule has 0 atom stereocenters. The highest BCUT2D eigenvalue weighted by atomic mass is 19.1. The van der Waals surface area contributed by atoms with Crippen molar-refractivity contribution in [3.63, 3.8) is 0 Å². The highest BCUT2D eigenvalue weighted by Crippen LogP contribution is 2.17. The Bertz CT molecular complexity index is 617. The van der Waals surface area contributed by atoms with Crippen molar-refractivity contribution in [1.29, 1.82) is 5.26 Å². The molecule has 0 aliphatic heterocycles. The van der Waals surface area contributed by atoms with Gasteiger partial charge >= 0.3 is 0 Å². The second-order valence-electron chi connectivity index (χ2n) is 4.35. The van der Waals surface area contributed by atoms with Crippen molar-refractivity contribution < 1.29 is 9.13 Å². The summed E-state index contributed by atoms with van der Waals surface area (Å²) in [5, 5.41) is 11.8. The Morgan fingerprint density at radius 3 is 2.60 bits per heavy atom. The topological polar surface area (TPSA) is 45.0 Å². The summed E-state index contributed by atoms with van der Waals surface area (Å²) in [5.41, 5.74) is 1.57. The number of rotatable bonds is 5. The third kappa shape index (κ3) is 3.34. The summed E-state index contributed by atoms with van der Waals surface area (Å²) in [6, 6.07) is 14.1. The van der Waals surface area contributed by atoms with Crippen LogP contribution in [0.15, 0.2) is 42.5 Å². The maximum Gasteiger partial charge on any atom is 0.147 e. The van der Waals surface area contributed by atoms with Gasteiger partial charge in [0.05, 0.1) is 5.56 Å². The van der Waals surface area contributed by atoms with E-state index >= 15 is 0 Å². The highest BCUT2D eigenvalue weighted by molar-refractivity contribution is 5.35. The van der Waals surface area contributed by atoms with Crippen LogP contribution in [0.5, 0.6) is 5.75 Å². The van der Waals surface area contributed by atoms with Gasteiger partial charge in [-0.25, -0.2) is 4.39 Å². The fraction of sp³-hybridized carbons (Fsp3) is 0.188. The van der Waals surface area contributed by atoms with E-state index in [1.54, 1.807) is 12.1 Å². The van der Waals surface area contributed by atoms with Crippen LogP contribution in [0.4, 0.5) is 4.39 Å². The molecular formula is C16H15FN2O. The van der Waals surface area contributed by atoms with E-state index in [4.69, 9.17) is 10.00 Å². The van der Waals surface area contributed by atoms with Crippen LogP contribution in [0.3, 0.4) is 0 Å². The van der Waals surface area contributed by atoms with Crippen molar-refractivity contribution in [2.75, 3.05) is 7.05 Å². The summed E-state index contributed by atoms with van der Waals surface area (Å²) in [6.07, 6.45) is 0. The van der Waals surface area contributed by atoms with E-state index in [9.17, 15) is 4.39 Å². The molecule has 0 aromatic heterocycles. The fourth-order valence-electron chi connectivity index (χ4n) is 1.85. The lowest BCUT2D eigenvalue weighted by atomic mass is 10.1. The third-order valence-corrected chi connectivity index (χ3v) is 2.90. The number of nitrogens with one attached hydrogen (secondary N) is 1. The zero-order chi connectivity index (χ0) is 14.4. The number of nitriles is 1. The second-order valence-corrected chi connectivity index (χ2v) is 4.35. The van der Waals surface area contributed by atoms with Crippen molar-refractivity contribution >= 4 is 0 Å². The van der Waals surface area contributed by atoms with E-state index in [0.29, 0.717) is 11.3 Å². The van der Waals surface area contributed by atoms with Crippen LogP contribution < -0.4 is 10.1 Å². The number of ether oxygens (including phenoxy) is 1. The van der Waals surface area contributed by atoms with Gasteiger partial charge in [-0.05, 0) is 30.8 Å². The van der Waals surface area contributed by atoms with E-state index in [2.05, 4.69) is 5.32 Å². The Kier molecular flexibility index (Phi) is 4.70. The molecule has 4 heteroatoms. The molecule has 2 rings (SSSR count). The molecule has 0 unspecified atom stereocenters. The molecule has 102 valence electrons. The lowest BCUT2D eigenvalue weighted by Gasteiger charge is -2.08. The molecule has 0 saturated heterocycles. The average Bonchev–Trinajstić information content (AvgIpc) is 2.48. The van der Waals surface area contributed by atoms with Crippen LogP contribution >= 0.6 is 0 Å². The van der Waals surface area contributed by atoms with E-state index in [0.717, 1.165) is 12.1 Å². The van der Waals surface area contributed by atoms with E-state index in [1.165, 1.54) is 6.07 Å². The number of nitrogens with zero attached hydrogens (tertiary/aromatic N) is 1. The summed E-state index contributed by atoms with van der Waals surface area (Å²) in [7, 11) is 1.88. The quantitative estimate of drug-likeness (QED) is 0.908. The minimum Gasteiger partial charge on any atom is -0.489 e. The van der Waals surface area contributed by atoms with Gasteiger partial charge in [-0.15, -0.1) is 0 Å². The second kappa shape index (κ2) is 6.69. The monoisotopic (exact) mass is 270 g/mol. The van der Waals surface area contributed by atoms with E-state index in [1.807, 2.05) is 37.4 Å². The summed E-state index contributed by atoms with van der Waals surface area (Å²) in [6.45, 7) is 0.895. The molecule has 2 aromatic rings. The number of benzene rings is 2. The lowest BCUT2D eigenvalue weighted by molar-refractivity contribution is 0.299. The summed E-state index contributed by atoms with van der Waals surface area (Å²) in [4.78, 5) is 0. The Balaban J connectivity index is 2.04. The SMILES string of the molecule is CNCc1ccc(OCc2cccc(C#N)c2F)cc1. The van der Waals surface area contributed by atoms with Crippen LogP contribution in [-0.2, 0) is 13.2 Å². The van der Waals surface area contributed by atoms with Crippen molar-refractivity contribution in [2.24, 2.45) is 0 Å². The first-order valence-electron chi connectivity index (χ1n) is 6.28. The maximum absolute atomic E-state index is 13.8. The molecule has 0 fully saturated rings. The molecule has 3 nitrogen and oxygen atoms in total. The zero-order valence-corrected chi connectivity index (χ0v) is 11.2. The van der Waals surface area contributed by atoms with Crippen molar-refractivity contribution in [3.05, 3.63) is 65.0 Å². The summed E-state index contributed by atoms with van der Waals surface area (Å²) < 4.78 is 19.4. The van der Waals surface area contributed by atoms with Crippen molar-refractivity contribution in [1.82, 2.24) is 5.32 Å². The molecule has 0 amide bonds. The van der Waals surface area contributed by atoms with Gasteiger partial charge in [0, 0.05) is 12.1 Å². The molecule has 0 saturated carbocycles. The molecule has 0 radical (unpaired) electrons. The van der Waals surface area contributed by atoms with Gasteiger partial charge in [-0.2, -0.15) is 5.26 Å². The predicted molar refractivity (Wildman–Crippen MR) is 74.7 cm³/mol. The smallest absolute Gasteiger partial charge is 0.147 e. The molecule has 0 aliphatic carbocycles. The largest absolute Gasteiger partial charge is 0.489 e. The lowest BCUT2D eigenvalue weighted by Crippen LogP contribution is -2.05. The van der Waals surface area contributed by atoms with E-state index in [-0.39, 0.29) is 12.2 Å². The molecule has 0 bridgehead atoms. The molecule has 2 aromatic carbocycles. The molecule has 1 N–H and O–H groups in total. The van der Waals surface area contributed by atoms with Crippen LogP contribution in [0.2, 0.25) is 0 Å². The minimum absolute atomic E-state index is 0.0375. The Morgan fingerprint density at radius 2 is 1.95 bits per heavy atom. The molecule has 0 heterocycles. The predicted octanol–water partition coefficient (Wildman–Crippen LogP) is 3.00. The Morgan fingerprint density at radius 1 is 1.20 bits per heavy atom. The Labute approximate surface area is 117 Å². The first-order chi connectivity index (χ1) is 9.74. The maximum atomic E-state index is 13.8. The van der Waals surface area contributed by atoms with Crippen LogP contribution in [0.1, 0.15) is 16.7 Å². The molecule has 0 spiro atoms. The van der Waals surface area contributed by atoms with Crippen molar-refractivity contribution in [3.8, 4) is 11.8 Å². The third-order valence-electron chi connectivity index (χ3n) is 2.90.